The Morgan fingerprint density at radius 3 is 3.04 bits per heavy atom. The van der Waals surface area contributed by atoms with Crippen LogP contribution in [0.15, 0.2) is 48.8 Å². The number of nitrogens with zero attached hydrogens (tertiary/aromatic N) is 2. The van der Waals surface area contributed by atoms with Gasteiger partial charge < -0.3 is 19.1 Å². The molecule has 2 aliphatic heterocycles. The summed E-state index contributed by atoms with van der Waals surface area (Å²) in [7, 11) is 0. The van der Waals surface area contributed by atoms with Crippen LogP contribution < -0.4 is 9.47 Å². The van der Waals surface area contributed by atoms with Gasteiger partial charge in [-0.25, -0.2) is 0 Å². The molecular weight excluding hydrogens is 320 g/mol. The van der Waals surface area contributed by atoms with Crippen molar-refractivity contribution >= 4 is 12.0 Å². The molecule has 3 heterocycles. The van der Waals surface area contributed by atoms with E-state index in [1.807, 2.05) is 30.3 Å². The highest BCUT2D eigenvalue weighted by molar-refractivity contribution is 5.92. The van der Waals surface area contributed by atoms with Crippen LogP contribution in [0.3, 0.4) is 0 Å². The molecule has 2 aliphatic rings. The molecule has 25 heavy (non-hydrogen) atoms. The molecule has 0 aliphatic carbocycles. The zero-order chi connectivity index (χ0) is 17.1. The van der Waals surface area contributed by atoms with Crippen molar-refractivity contribution in [3.63, 3.8) is 0 Å². The first-order chi connectivity index (χ1) is 12.3. The van der Waals surface area contributed by atoms with Crippen LogP contribution in [0.5, 0.6) is 11.5 Å². The largest absolute Gasteiger partial charge is 0.454 e. The Balaban J connectivity index is 1.42. The second kappa shape index (κ2) is 6.94. The Kier molecular flexibility index (Phi) is 4.35. The van der Waals surface area contributed by atoms with Crippen molar-refractivity contribution < 1.29 is 19.0 Å². The molecule has 0 bridgehead atoms. The molecule has 0 N–H and O–H groups in total. The minimum absolute atomic E-state index is 0.0325. The number of carbonyl (C=O) groups excluding carboxylic acids is 1. The van der Waals surface area contributed by atoms with E-state index in [0.717, 1.165) is 16.9 Å². The first-order valence-corrected chi connectivity index (χ1v) is 8.18. The summed E-state index contributed by atoms with van der Waals surface area (Å²) in [5.41, 5.74) is 1.88. The van der Waals surface area contributed by atoms with E-state index >= 15 is 0 Å². The molecule has 1 aromatic carbocycles. The van der Waals surface area contributed by atoms with Crippen molar-refractivity contribution in [3.05, 3.63) is 59.9 Å². The average Bonchev–Trinajstić information content (AvgIpc) is 3.15. The van der Waals surface area contributed by atoms with Crippen molar-refractivity contribution in [1.82, 2.24) is 9.88 Å². The second-order valence-corrected chi connectivity index (χ2v) is 5.88. The van der Waals surface area contributed by atoms with Crippen LogP contribution in [0, 0.1) is 0 Å². The standard InChI is InChI=1S/C19H18N2O4/c22-19(6-4-14-3-5-16-17(10-14)25-13-24-16)21-8-9-23-18(12-21)15-2-1-7-20-11-15/h1-7,10-11,18H,8-9,12-13H2/b6-4+/t18-/m0/s1. The van der Waals surface area contributed by atoms with Gasteiger partial charge >= 0.3 is 0 Å². The van der Waals surface area contributed by atoms with Gasteiger partial charge in [0.2, 0.25) is 12.7 Å². The van der Waals surface area contributed by atoms with E-state index < -0.39 is 0 Å². The van der Waals surface area contributed by atoms with Gasteiger partial charge in [-0.3, -0.25) is 9.78 Å². The highest BCUT2D eigenvalue weighted by Gasteiger charge is 2.24. The van der Waals surface area contributed by atoms with Crippen LogP contribution in [-0.4, -0.2) is 42.3 Å². The number of amides is 1. The number of fused-ring (bicyclic) bond motifs is 1. The van der Waals surface area contributed by atoms with Gasteiger partial charge in [0.05, 0.1) is 13.2 Å². The van der Waals surface area contributed by atoms with E-state index in [4.69, 9.17) is 14.2 Å². The molecule has 2 aromatic rings. The van der Waals surface area contributed by atoms with E-state index in [1.165, 1.54) is 0 Å². The summed E-state index contributed by atoms with van der Waals surface area (Å²) in [6, 6.07) is 9.45. The Labute approximate surface area is 145 Å². The fraction of sp³-hybridized carbons (Fsp3) is 0.263. The summed E-state index contributed by atoms with van der Waals surface area (Å²) >= 11 is 0. The van der Waals surface area contributed by atoms with Gasteiger partial charge in [0.1, 0.15) is 6.10 Å². The molecule has 0 radical (unpaired) electrons. The third kappa shape index (κ3) is 3.49. The number of rotatable bonds is 3. The van der Waals surface area contributed by atoms with Gasteiger partial charge in [-0.15, -0.1) is 0 Å². The summed E-state index contributed by atoms with van der Waals surface area (Å²) in [6.45, 7) is 1.87. The molecule has 1 aromatic heterocycles. The van der Waals surface area contributed by atoms with Gasteiger partial charge in [-0.1, -0.05) is 12.1 Å². The molecule has 1 amide bonds. The molecule has 6 nitrogen and oxygen atoms in total. The van der Waals surface area contributed by atoms with Crippen LogP contribution in [0.1, 0.15) is 17.2 Å². The molecular formula is C19H18N2O4. The highest BCUT2D eigenvalue weighted by atomic mass is 16.7. The number of morpholine rings is 1. The quantitative estimate of drug-likeness (QED) is 0.805. The predicted octanol–water partition coefficient (Wildman–Crippen LogP) is 2.42. The van der Waals surface area contributed by atoms with Crippen molar-refractivity contribution in [3.8, 4) is 11.5 Å². The van der Waals surface area contributed by atoms with Gasteiger partial charge in [-0.05, 0) is 29.8 Å². The Morgan fingerprint density at radius 2 is 2.16 bits per heavy atom. The first-order valence-electron chi connectivity index (χ1n) is 8.18. The number of pyridine rings is 1. The lowest BCUT2D eigenvalue weighted by Gasteiger charge is -2.32. The maximum absolute atomic E-state index is 12.5. The van der Waals surface area contributed by atoms with E-state index in [2.05, 4.69) is 4.98 Å². The zero-order valence-electron chi connectivity index (χ0n) is 13.6. The minimum atomic E-state index is -0.134. The van der Waals surface area contributed by atoms with Gasteiger partial charge in [0.15, 0.2) is 11.5 Å². The van der Waals surface area contributed by atoms with E-state index in [0.29, 0.717) is 25.4 Å². The second-order valence-electron chi connectivity index (χ2n) is 5.88. The SMILES string of the molecule is O=C(/C=C/c1ccc2c(c1)OCO2)N1CCO[C@H](c2cccnc2)C1. The number of aromatic nitrogens is 1. The first kappa shape index (κ1) is 15.7. The number of carbonyl (C=O) groups is 1. The van der Waals surface area contributed by atoms with Crippen molar-refractivity contribution in [2.75, 3.05) is 26.5 Å². The number of hydrogen-bond acceptors (Lipinski definition) is 5. The molecule has 1 atom stereocenters. The predicted molar refractivity (Wildman–Crippen MR) is 91.1 cm³/mol. The van der Waals surface area contributed by atoms with E-state index in [-0.39, 0.29) is 18.8 Å². The van der Waals surface area contributed by atoms with Crippen LogP contribution >= 0.6 is 0 Å². The molecule has 0 spiro atoms. The van der Waals surface area contributed by atoms with Crippen molar-refractivity contribution in [1.29, 1.82) is 0 Å². The Bertz CT molecular complexity index is 791. The lowest BCUT2D eigenvalue weighted by atomic mass is 10.1. The molecule has 1 fully saturated rings. The van der Waals surface area contributed by atoms with Gasteiger partial charge in [0, 0.05) is 30.6 Å². The summed E-state index contributed by atoms with van der Waals surface area (Å²) in [6.07, 6.45) is 6.75. The smallest absolute Gasteiger partial charge is 0.246 e. The molecule has 1 saturated heterocycles. The van der Waals surface area contributed by atoms with E-state index in [9.17, 15) is 4.79 Å². The van der Waals surface area contributed by atoms with Crippen molar-refractivity contribution in [2.24, 2.45) is 0 Å². The van der Waals surface area contributed by atoms with Gasteiger partial charge in [-0.2, -0.15) is 0 Å². The normalized spacial score (nSPS) is 19.4. The van der Waals surface area contributed by atoms with Crippen LogP contribution in [-0.2, 0) is 9.53 Å². The van der Waals surface area contributed by atoms with Crippen LogP contribution in [0.4, 0.5) is 0 Å². The monoisotopic (exact) mass is 338 g/mol. The number of hydrogen-bond donors (Lipinski definition) is 0. The molecule has 128 valence electrons. The zero-order valence-corrected chi connectivity index (χ0v) is 13.6. The highest BCUT2D eigenvalue weighted by Crippen LogP contribution is 2.32. The van der Waals surface area contributed by atoms with E-state index in [1.54, 1.807) is 29.4 Å². The van der Waals surface area contributed by atoms with Crippen molar-refractivity contribution in [2.45, 2.75) is 6.10 Å². The fourth-order valence-electron chi connectivity index (χ4n) is 2.91. The Hall–Kier alpha value is -2.86. The lowest BCUT2D eigenvalue weighted by molar-refractivity contribution is -0.133. The van der Waals surface area contributed by atoms with Crippen LogP contribution in [0.25, 0.3) is 6.08 Å². The summed E-state index contributed by atoms with van der Waals surface area (Å²) < 4.78 is 16.4. The summed E-state index contributed by atoms with van der Waals surface area (Å²) in [5, 5.41) is 0. The topological polar surface area (TPSA) is 60.9 Å². The molecule has 0 saturated carbocycles. The fourth-order valence-corrected chi connectivity index (χ4v) is 2.91. The lowest BCUT2D eigenvalue weighted by Crippen LogP contribution is -2.41. The molecule has 4 rings (SSSR count). The minimum Gasteiger partial charge on any atom is -0.454 e. The van der Waals surface area contributed by atoms with Crippen LogP contribution in [0.2, 0.25) is 0 Å². The number of ether oxygens (including phenoxy) is 3. The maximum Gasteiger partial charge on any atom is 0.246 e. The molecule has 0 unspecified atom stereocenters. The average molecular weight is 338 g/mol. The summed E-state index contributed by atoms with van der Waals surface area (Å²) in [4.78, 5) is 18.4. The number of benzene rings is 1. The maximum atomic E-state index is 12.5. The third-order valence-corrected chi connectivity index (χ3v) is 4.25. The van der Waals surface area contributed by atoms with Gasteiger partial charge in [0.25, 0.3) is 0 Å². The summed E-state index contributed by atoms with van der Waals surface area (Å²) in [5.74, 6) is 1.41. The Morgan fingerprint density at radius 1 is 1.24 bits per heavy atom. The molecule has 6 heteroatoms. The third-order valence-electron chi connectivity index (χ3n) is 4.25.